The second-order valence-electron chi connectivity index (χ2n) is 6.99. The molecule has 0 atom stereocenters. The van der Waals surface area contributed by atoms with Gasteiger partial charge in [-0.1, -0.05) is 12.8 Å². The molecular weight excluding hydrogens is 337 g/mol. The van der Waals surface area contributed by atoms with Gasteiger partial charge in [-0.25, -0.2) is 4.39 Å². The number of amides is 1. The van der Waals surface area contributed by atoms with Gasteiger partial charge in [-0.05, 0) is 31.0 Å². The van der Waals surface area contributed by atoms with Crippen molar-refractivity contribution in [1.82, 2.24) is 10.2 Å². The van der Waals surface area contributed by atoms with Crippen molar-refractivity contribution in [3.05, 3.63) is 29.6 Å². The minimum atomic E-state index is -0.459. The molecule has 2 fully saturated rings. The van der Waals surface area contributed by atoms with E-state index >= 15 is 0 Å². The predicted molar refractivity (Wildman–Crippen MR) is 96.9 cm³/mol. The molecule has 3 rings (SSSR count). The molecule has 26 heavy (non-hydrogen) atoms. The average molecular weight is 365 g/mol. The van der Waals surface area contributed by atoms with Crippen LogP contribution in [0.2, 0.25) is 0 Å². The third-order valence-corrected chi connectivity index (χ3v) is 5.36. The second-order valence-corrected chi connectivity index (χ2v) is 6.99. The molecule has 1 aromatic rings. The minimum Gasteiger partial charge on any atom is -0.491 e. The zero-order valence-electron chi connectivity index (χ0n) is 15.1. The maximum absolute atomic E-state index is 13.7. The normalized spacial score (nSPS) is 20.1. The number of rotatable bonds is 7. The van der Waals surface area contributed by atoms with E-state index in [2.05, 4.69) is 10.2 Å². The smallest absolute Gasteiger partial charge is 0.255 e. The molecule has 7 heteroatoms. The van der Waals surface area contributed by atoms with Gasteiger partial charge in [0, 0.05) is 31.7 Å². The van der Waals surface area contributed by atoms with Crippen molar-refractivity contribution in [3.63, 3.8) is 0 Å². The topological polar surface area (TPSA) is 76.8 Å². The van der Waals surface area contributed by atoms with Gasteiger partial charge in [0.25, 0.3) is 5.91 Å². The number of benzene rings is 1. The standard InChI is InChI=1S/C19H28FN3O3/c20-15-3-4-17(26-10-7-21)16(13-15)18(24)22-14-19(5-1-2-6-19)23-8-11-25-12-9-23/h3-4,13H,1-2,5-12,14,21H2,(H,22,24). The number of hydrogen-bond donors (Lipinski definition) is 2. The zero-order chi connectivity index (χ0) is 18.4. The van der Waals surface area contributed by atoms with E-state index in [9.17, 15) is 9.18 Å². The Morgan fingerprint density at radius 3 is 2.73 bits per heavy atom. The van der Waals surface area contributed by atoms with Crippen LogP contribution in [-0.2, 0) is 4.74 Å². The summed E-state index contributed by atoms with van der Waals surface area (Å²) in [5.41, 5.74) is 5.65. The van der Waals surface area contributed by atoms with Gasteiger partial charge in [-0.2, -0.15) is 0 Å². The van der Waals surface area contributed by atoms with E-state index in [0.717, 1.165) is 52.0 Å². The van der Waals surface area contributed by atoms with Crippen LogP contribution in [-0.4, -0.2) is 62.3 Å². The summed E-state index contributed by atoms with van der Waals surface area (Å²) < 4.78 is 24.6. The molecule has 0 aromatic heterocycles. The highest BCUT2D eigenvalue weighted by atomic mass is 19.1. The lowest BCUT2D eigenvalue weighted by Gasteiger charge is -2.43. The molecule has 1 aromatic carbocycles. The predicted octanol–water partition coefficient (Wildman–Crippen LogP) is 1.54. The van der Waals surface area contributed by atoms with Crippen molar-refractivity contribution in [3.8, 4) is 5.75 Å². The first-order valence-corrected chi connectivity index (χ1v) is 9.38. The number of ether oxygens (including phenoxy) is 2. The van der Waals surface area contributed by atoms with Gasteiger partial charge < -0.3 is 20.5 Å². The molecule has 3 N–H and O–H groups in total. The van der Waals surface area contributed by atoms with Crippen LogP contribution in [0.15, 0.2) is 18.2 Å². The van der Waals surface area contributed by atoms with Crippen molar-refractivity contribution in [2.45, 2.75) is 31.2 Å². The first kappa shape index (κ1) is 19.1. The average Bonchev–Trinajstić information content (AvgIpc) is 3.16. The summed E-state index contributed by atoms with van der Waals surface area (Å²) in [6, 6.07) is 3.99. The minimum absolute atomic E-state index is 0.0228. The molecule has 1 amide bonds. The molecule has 0 radical (unpaired) electrons. The van der Waals surface area contributed by atoms with Crippen LogP contribution in [0.25, 0.3) is 0 Å². The highest BCUT2D eigenvalue weighted by molar-refractivity contribution is 5.97. The number of carbonyl (C=O) groups excluding carboxylic acids is 1. The third-order valence-electron chi connectivity index (χ3n) is 5.36. The number of nitrogens with two attached hydrogens (primary N) is 1. The van der Waals surface area contributed by atoms with Gasteiger partial charge >= 0.3 is 0 Å². The van der Waals surface area contributed by atoms with E-state index in [1.54, 1.807) is 0 Å². The van der Waals surface area contributed by atoms with Crippen LogP contribution in [0, 0.1) is 5.82 Å². The number of nitrogens with one attached hydrogen (secondary N) is 1. The lowest BCUT2D eigenvalue weighted by Crippen LogP contribution is -2.57. The van der Waals surface area contributed by atoms with Crippen LogP contribution in [0.3, 0.4) is 0 Å². The van der Waals surface area contributed by atoms with Gasteiger partial charge in [0.05, 0.1) is 18.8 Å². The number of hydrogen-bond acceptors (Lipinski definition) is 5. The Morgan fingerprint density at radius 1 is 1.31 bits per heavy atom. The molecule has 0 spiro atoms. The van der Waals surface area contributed by atoms with E-state index in [0.29, 0.717) is 18.8 Å². The fourth-order valence-electron chi connectivity index (χ4n) is 3.99. The van der Waals surface area contributed by atoms with Gasteiger partial charge in [0.2, 0.25) is 0 Å². The molecule has 0 unspecified atom stereocenters. The molecule has 1 heterocycles. The summed E-state index contributed by atoms with van der Waals surface area (Å²) in [5.74, 6) is -0.406. The number of carbonyl (C=O) groups is 1. The summed E-state index contributed by atoms with van der Waals surface area (Å²) in [4.78, 5) is 15.2. The molecule has 0 bridgehead atoms. The number of nitrogens with zero attached hydrogens (tertiary/aromatic N) is 1. The Balaban J connectivity index is 1.70. The Labute approximate surface area is 153 Å². The van der Waals surface area contributed by atoms with E-state index in [4.69, 9.17) is 15.2 Å². The fourth-order valence-corrected chi connectivity index (χ4v) is 3.99. The van der Waals surface area contributed by atoms with Crippen LogP contribution >= 0.6 is 0 Å². The van der Waals surface area contributed by atoms with E-state index in [1.165, 1.54) is 18.2 Å². The van der Waals surface area contributed by atoms with Gasteiger partial charge in [-0.15, -0.1) is 0 Å². The van der Waals surface area contributed by atoms with Crippen molar-refractivity contribution in [1.29, 1.82) is 0 Å². The summed E-state index contributed by atoms with van der Waals surface area (Å²) in [5, 5.41) is 3.02. The van der Waals surface area contributed by atoms with Gasteiger partial charge in [-0.3, -0.25) is 9.69 Å². The second kappa shape index (κ2) is 8.79. The summed E-state index contributed by atoms with van der Waals surface area (Å²) >= 11 is 0. The largest absolute Gasteiger partial charge is 0.491 e. The fraction of sp³-hybridized carbons (Fsp3) is 0.632. The molecule has 1 saturated heterocycles. The van der Waals surface area contributed by atoms with E-state index < -0.39 is 5.82 Å². The summed E-state index contributed by atoms with van der Waals surface area (Å²) in [6.07, 6.45) is 4.45. The Hall–Kier alpha value is -1.70. The van der Waals surface area contributed by atoms with Crippen molar-refractivity contribution < 1.29 is 18.7 Å². The highest BCUT2D eigenvalue weighted by Gasteiger charge is 2.40. The maximum atomic E-state index is 13.7. The van der Waals surface area contributed by atoms with Crippen LogP contribution < -0.4 is 15.8 Å². The Morgan fingerprint density at radius 2 is 2.04 bits per heavy atom. The van der Waals surface area contributed by atoms with Crippen molar-refractivity contribution in [2.24, 2.45) is 5.73 Å². The maximum Gasteiger partial charge on any atom is 0.255 e. The molecular formula is C19H28FN3O3. The van der Waals surface area contributed by atoms with Crippen LogP contribution in [0.1, 0.15) is 36.0 Å². The monoisotopic (exact) mass is 365 g/mol. The summed E-state index contributed by atoms with van der Waals surface area (Å²) in [7, 11) is 0. The SMILES string of the molecule is NCCOc1ccc(F)cc1C(=O)NCC1(N2CCOCC2)CCCC1. The van der Waals surface area contributed by atoms with Crippen LogP contribution in [0.5, 0.6) is 5.75 Å². The first-order valence-electron chi connectivity index (χ1n) is 9.38. The Bertz CT molecular complexity index is 614. The quantitative estimate of drug-likeness (QED) is 0.766. The Kier molecular flexibility index (Phi) is 6.45. The van der Waals surface area contributed by atoms with Crippen molar-refractivity contribution in [2.75, 3.05) is 46.0 Å². The molecule has 144 valence electrons. The number of morpholine rings is 1. The van der Waals surface area contributed by atoms with Gasteiger partial charge in [0.1, 0.15) is 18.2 Å². The zero-order valence-corrected chi connectivity index (χ0v) is 15.1. The molecule has 1 aliphatic heterocycles. The third kappa shape index (κ3) is 4.34. The van der Waals surface area contributed by atoms with E-state index in [-0.39, 0.29) is 23.6 Å². The lowest BCUT2D eigenvalue weighted by molar-refractivity contribution is -0.0199. The van der Waals surface area contributed by atoms with Crippen LogP contribution in [0.4, 0.5) is 4.39 Å². The highest BCUT2D eigenvalue weighted by Crippen LogP contribution is 2.35. The molecule has 2 aliphatic rings. The lowest BCUT2D eigenvalue weighted by atomic mass is 9.94. The molecule has 1 saturated carbocycles. The molecule has 1 aliphatic carbocycles. The first-order chi connectivity index (χ1) is 12.6. The number of halogens is 1. The van der Waals surface area contributed by atoms with Crippen molar-refractivity contribution >= 4 is 5.91 Å². The van der Waals surface area contributed by atoms with E-state index in [1.807, 2.05) is 0 Å². The van der Waals surface area contributed by atoms with Gasteiger partial charge in [0.15, 0.2) is 0 Å². The summed E-state index contributed by atoms with van der Waals surface area (Å²) in [6.45, 7) is 4.41. The molecule has 6 nitrogen and oxygen atoms in total.